The van der Waals surface area contributed by atoms with Crippen molar-refractivity contribution in [2.45, 2.75) is 6.42 Å². The normalized spacial score (nSPS) is 9.25. The minimum atomic E-state index is -1.32. The number of para-hydroxylation sites is 1. The average molecular weight is 221 g/mol. The molecule has 0 saturated carbocycles. The van der Waals surface area contributed by atoms with Gasteiger partial charge in [0.2, 0.25) is 5.91 Å². The molecule has 0 saturated heterocycles. The summed E-state index contributed by atoms with van der Waals surface area (Å²) in [4.78, 5) is 21.9. The molecule has 0 aliphatic heterocycles. The van der Waals surface area contributed by atoms with Gasteiger partial charge in [0, 0.05) is 0 Å². The molecule has 1 amide bonds. The first-order valence-corrected chi connectivity index (χ1v) is 4.31. The lowest BCUT2D eigenvalue weighted by molar-refractivity contribution is -0.115. The van der Waals surface area contributed by atoms with Crippen LogP contribution in [0.2, 0.25) is 0 Å². The molecule has 0 heterocycles. The average Bonchev–Trinajstić information content (AvgIpc) is 2.21. The topological polar surface area (TPSA) is 66.4 Å². The summed E-state index contributed by atoms with van der Waals surface area (Å²) in [6.07, 6.45) is 4.66. The highest BCUT2D eigenvalue weighted by molar-refractivity contribution is 6.01. The Hall–Kier alpha value is -2.35. The van der Waals surface area contributed by atoms with Crippen molar-refractivity contribution < 1.29 is 19.1 Å². The van der Waals surface area contributed by atoms with E-state index in [-0.39, 0.29) is 17.7 Å². The van der Waals surface area contributed by atoms with Gasteiger partial charge in [-0.15, -0.1) is 6.42 Å². The Bertz CT molecular complexity index is 477. The van der Waals surface area contributed by atoms with Crippen molar-refractivity contribution in [1.29, 1.82) is 0 Å². The van der Waals surface area contributed by atoms with E-state index >= 15 is 0 Å². The monoisotopic (exact) mass is 221 g/mol. The van der Waals surface area contributed by atoms with Gasteiger partial charge < -0.3 is 10.4 Å². The second kappa shape index (κ2) is 4.94. The van der Waals surface area contributed by atoms with Crippen LogP contribution in [0.3, 0.4) is 0 Å². The van der Waals surface area contributed by atoms with E-state index in [1.54, 1.807) is 0 Å². The fourth-order valence-corrected chi connectivity index (χ4v) is 1.11. The van der Waals surface area contributed by atoms with E-state index in [1.807, 2.05) is 0 Å². The van der Waals surface area contributed by atoms with Crippen LogP contribution in [0.25, 0.3) is 0 Å². The SMILES string of the molecule is C#CCC(=O)Nc1c(F)cccc1C(=O)O. The Morgan fingerprint density at radius 1 is 1.50 bits per heavy atom. The summed E-state index contributed by atoms with van der Waals surface area (Å²) in [7, 11) is 0. The molecule has 82 valence electrons. The van der Waals surface area contributed by atoms with Crippen molar-refractivity contribution in [3.63, 3.8) is 0 Å². The smallest absolute Gasteiger partial charge is 0.337 e. The van der Waals surface area contributed by atoms with Crippen molar-refractivity contribution in [2.24, 2.45) is 0 Å². The molecule has 0 spiro atoms. The van der Waals surface area contributed by atoms with E-state index in [1.165, 1.54) is 12.1 Å². The maximum absolute atomic E-state index is 13.3. The fourth-order valence-electron chi connectivity index (χ4n) is 1.11. The molecule has 0 atom stereocenters. The molecule has 0 radical (unpaired) electrons. The molecule has 0 aromatic heterocycles. The lowest BCUT2D eigenvalue weighted by Crippen LogP contribution is -2.15. The molecular formula is C11H8FNO3. The molecule has 1 aromatic rings. The third kappa shape index (κ3) is 2.58. The Morgan fingerprint density at radius 2 is 2.19 bits per heavy atom. The van der Waals surface area contributed by atoms with Crippen LogP contribution in [0.1, 0.15) is 16.8 Å². The number of aromatic carboxylic acids is 1. The highest BCUT2D eigenvalue weighted by Crippen LogP contribution is 2.19. The lowest BCUT2D eigenvalue weighted by atomic mass is 10.1. The number of carboxylic acid groups (broad SMARTS) is 1. The molecule has 2 N–H and O–H groups in total. The number of nitrogens with one attached hydrogen (secondary N) is 1. The summed E-state index contributed by atoms with van der Waals surface area (Å²) in [5.74, 6) is -0.694. The molecular weight excluding hydrogens is 213 g/mol. The third-order valence-electron chi connectivity index (χ3n) is 1.77. The van der Waals surface area contributed by atoms with Crippen LogP contribution in [-0.4, -0.2) is 17.0 Å². The number of carbonyl (C=O) groups excluding carboxylic acids is 1. The first-order valence-electron chi connectivity index (χ1n) is 4.31. The zero-order chi connectivity index (χ0) is 12.1. The molecule has 16 heavy (non-hydrogen) atoms. The first kappa shape index (κ1) is 11.7. The molecule has 0 aliphatic carbocycles. The Kier molecular flexibility index (Phi) is 3.62. The summed E-state index contributed by atoms with van der Waals surface area (Å²) >= 11 is 0. The van der Waals surface area contributed by atoms with Gasteiger partial charge in [-0.05, 0) is 12.1 Å². The van der Waals surface area contributed by atoms with Gasteiger partial charge in [-0.3, -0.25) is 4.79 Å². The van der Waals surface area contributed by atoms with Gasteiger partial charge in [-0.25, -0.2) is 9.18 Å². The van der Waals surface area contributed by atoms with Gasteiger partial charge in [-0.2, -0.15) is 0 Å². The summed E-state index contributed by atoms with van der Waals surface area (Å²) in [6, 6.07) is 3.49. The number of amides is 1. The van der Waals surface area contributed by atoms with Crippen molar-refractivity contribution in [1.82, 2.24) is 0 Å². The lowest BCUT2D eigenvalue weighted by Gasteiger charge is -2.07. The number of terminal acetylenes is 1. The van der Waals surface area contributed by atoms with E-state index in [4.69, 9.17) is 11.5 Å². The van der Waals surface area contributed by atoms with Crippen LogP contribution < -0.4 is 5.32 Å². The number of hydrogen-bond donors (Lipinski definition) is 2. The number of anilines is 1. The first-order chi connectivity index (χ1) is 7.56. The maximum atomic E-state index is 13.3. The van der Waals surface area contributed by atoms with Gasteiger partial charge >= 0.3 is 5.97 Å². The number of rotatable bonds is 3. The molecule has 0 fully saturated rings. The zero-order valence-corrected chi connectivity index (χ0v) is 8.16. The number of benzene rings is 1. The molecule has 1 aromatic carbocycles. The van der Waals surface area contributed by atoms with Crippen molar-refractivity contribution >= 4 is 17.6 Å². The Labute approximate surface area is 91.1 Å². The molecule has 5 heteroatoms. The summed E-state index contributed by atoms with van der Waals surface area (Å²) in [5, 5.41) is 10.9. The van der Waals surface area contributed by atoms with E-state index in [9.17, 15) is 14.0 Å². The summed E-state index contributed by atoms with van der Waals surface area (Å²) in [5.41, 5.74) is -0.680. The minimum absolute atomic E-state index is 0.243. The van der Waals surface area contributed by atoms with Crippen molar-refractivity contribution in [3.05, 3.63) is 29.6 Å². The van der Waals surface area contributed by atoms with Crippen LogP contribution >= 0.6 is 0 Å². The van der Waals surface area contributed by atoms with Crippen LogP contribution in [0.15, 0.2) is 18.2 Å². The van der Waals surface area contributed by atoms with Crippen LogP contribution in [0.4, 0.5) is 10.1 Å². The second-order valence-electron chi connectivity index (χ2n) is 2.90. The third-order valence-corrected chi connectivity index (χ3v) is 1.77. The second-order valence-corrected chi connectivity index (χ2v) is 2.90. The van der Waals surface area contributed by atoms with E-state index in [0.717, 1.165) is 6.07 Å². The largest absolute Gasteiger partial charge is 0.478 e. The Balaban J connectivity index is 3.07. The number of halogens is 1. The molecule has 0 aliphatic rings. The van der Waals surface area contributed by atoms with Gasteiger partial charge in [0.15, 0.2) is 0 Å². The van der Waals surface area contributed by atoms with Crippen LogP contribution in [-0.2, 0) is 4.79 Å². The van der Waals surface area contributed by atoms with Gasteiger partial charge in [-0.1, -0.05) is 12.0 Å². The number of carbonyl (C=O) groups is 2. The highest BCUT2D eigenvalue weighted by Gasteiger charge is 2.15. The minimum Gasteiger partial charge on any atom is -0.478 e. The van der Waals surface area contributed by atoms with Gasteiger partial charge in [0.25, 0.3) is 0 Å². The Morgan fingerprint density at radius 3 is 2.75 bits per heavy atom. The predicted octanol–water partition coefficient (Wildman–Crippen LogP) is 1.49. The van der Waals surface area contributed by atoms with Crippen molar-refractivity contribution in [3.8, 4) is 12.3 Å². The van der Waals surface area contributed by atoms with Crippen molar-refractivity contribution in [2.75, 3.05) is 5.32 Å². The van der Waals surface area contributed by atoms with Crippen LogP contribution in [0.5, 0.6) is 0 Å². The molecule has 0 unspecified atom stereocenters. The molecule has 4 nitrogen and oxygen atoms in total. The van der Waals surface area contributed by atoms with E-state index in [0.29, 0.717) is 0 Å². The van der Waals surface area contributed by atoms with Gasteiger partial charge in [0.1, 0.15) is 5.82 Å². The maximum Gasteiger partial charge on any atom is 0.337 e. The standard InChI is InChI=1S/C11H8FNO3/c1-2-4-9(14)13-10-7(11(15)16)5-3-6-8(10)12/h1,3,5-6H,4H2,(H,13,14)(H,15,16). The van der Waals surface area contributed by atoms with Gasteiger partial charge in [0.05, 0.1) is 17.7 Å². The van der Waals surface area contributed by atoms with Crippen LogP contribution in [0, 0.1) is 18.2 Å². The van der Waals surface area contributed by atoms with E-state index in [2.05, 4.69) is 11.2 Å². The molecule has 0 bridgehead atoms. The highest BCUT2D eigenvalue weighted by atomic mass is 19.1. The van der Waals surface area contributed by atoms with E-state index < -0.39 is 17.7 Å². The summed E-state index contributed by atoms with van der Waals surface area (Å²) < 4.78 is 13.3. The predicted molar refractivity (Wildman–Crippen MR) is 55.4 cm³/mol. The number of hydrogen-bond acceptors (Lipinski definition) is 2. The fraction of sp³-hybridized carbons (Fsp3) is 0.0909. The summed E-state index contributed by atoms with van der Waals surface area (Å²) in [6.45, 7) is 0. The number of carboxylic acids is 1. The molecule has 1 rings (SSSR count). The quantitative estimate of drug-likeness (QED) is 0.760. The zero-order valence-electron chi connectivity index (χ0n) is 8.16.